The van der Waals surface area contributed by atoms with Gasteiger partial charge in [-0.15, -0.1) is 11.3 Å². The minimum atomic E-state index is -0.413. The van der Waals surface area contributed by atoms with E-state index in [2.05, 4.69) is 38.3 Å². The molecule has 0 fully saturated rings. The van der Waals surface area contributed by atoms with E-state index in [9.17, 15) is 9.59 Å². The van der Waals surface area contributed by atoms with Crippen molar-refractivity contribution in [2.24, 2.45) is 0 Å². The third kappa shape index (κ3) is 3.65. The van der Waals surface area contributed by atoms with Crippen LogP contribution >= 0.6 is 11.3 Å². The van der Waals surface area contributed by atoms with Crippen molar-refractivity contribution in [1.29, 1.82) is 0 Å². The van der Waals surface area contributed by atoms with Gasteiger partial charge in [-0.05, 0) is 64.8 Å². The molecule has 0 spiro atoms. The third-order valence-corrected chi connectivity index (χ3v) is 6.66. The number of benzene rings is 1. The first-order valence-corrected chi connectivity index (χ1v) is 10.8. The Morgan fingerprint density at radius 3 is 2.67 bits per heavy atom. The molecule has 0 atom stereocenters. The predicted molar refractivity (Wildman–Crippen MR) is 115 cm³/mol. The smallest absolute Gasteiger partial charge is 0.341 e. The molecule has 1 aromatic carbocycles. The average Bonchev–Trinajstić information content (AvgIpc) is 3.24. The van der Waals surface area contributed by atoms with Crippen molar-refractivity contribution in [2.75, 3.05) is 18.7 Å². The molecule has 0 saturated heterocycles. The Kier molecular flexibility index (Phi) is 5.02. The second-order valence-corrected chi connectivity index (χ2v) is 9.69. The summed E-state index contributed by atoms with van der Waals surface area (Å²) in [6.07, 6.45) is 0.663. The zero-order valence-electron chi connectivity index (χ0n) is 17.8. The molecule has 2 aromatic rings. The normalized spacial score (nSPS) is 17.9. The van der Waals surface area contributed by atoms with Crippen LogP contribution in [0.5, 0.6) is 11.5 Å². The van der Waals surface area contributed by atoms with E-state index in [0.29, 0.717) is 34.0 Å². The molecule has 160 valence electrons. The number of anilines is 1. The quantitative estimate of drug-likeness (QED) is 0.712. The maximum atomic E-state index is 13.0. The molecule has 1 amide bonds. The van der Waals surface area contributed by atoms with E-state index in [1.165, 1.54) is 11.3 Å². The number of rotatable bonds is 4. The number of nitrogens with one attached hydrogen (secondary N) is 2. The van der Waals surface area contributed by atoms with Crippen LogP contribution in [-0.4, -0.2) is 30.8 Å². The Bertz CT molecular complexity index is 1020. The molecule has 0 saturated carbocycles. The Labute approximate surface area is 179 Å². The Morgan fingerprint density at radius 1 is 1.20 bits per heavy atom. The fourth-order valence-electron chi connectivity index (χ4n) is 4.25. The lowest BCUT2D eigenvalue weighted by Crippen LogP contribution is -2.55. The van der Waals surface area contributed by atoms with Gasteiger partial charge in [-0.1, -0.05) is 0 Å². The summed E-state index contributed by atoms with van der Waals surface area (Å²) in [5.41, 5.74) is 1.28. The molecule has 0 unspecified atom stereocenters. The lowest BCUT2D eigenvalue weighted by atomic mass is 9.81. The molecule has 2 N–H and O–H groups in total. The van der Waals surface area contributed by atoms with Crippen LogP contribution in [0.4, 0.5) is 5.00 Å². The Morgan fingerprint density at radius 2 is 1.93 bits per heavy atom. The lowest BCUT2D eigenvalue weighted by molar-refractivity contribution is 0.0525. The zero-order chi connectivity index (χ0) is 21.7. The van der Waals surface area contributed by atoms with Gasteiger partial charge < -0.3 is 24.8 Å². The number of thiophene rings is 1. The highest BCUT2D eigenvalue weighted by Gasteiger charge is 2.42. The van der Waals surface area contributed by atoms with Crippen LogP contribution < -0.4 is 20.1 Å². The first-order chi connectivity index (χ1) is 14.1. The van der Waals surface area contributed by atoms with E-state index in [4.69, 9.17) is 14.2 Å². The summed E-state index contributed by atoms with van der Waals surface area (Å²) in [5.74, 6) is 0.415. The Balaban J connectivity index is 1.73. The van der Waals surface area contributed by atoms with Gasteiger partial charge in [0.25, 0.3) is 5.91 Å². The van der Waals surface area contributed by atoms with E-state index in [-0.39, 0.29) is 30.4 Å². The number of fused-ring (bicyclic) bond motifs is 2. The minimum Gasteiger partial charge on any atom is -0.462 e. The van der Waals surface area contributed by atoms with Crippen molar-refractivity contribution in [1.82, 2.24) is 5.32 Å². The van der Waals surface area contributed by atoms with Crippen molar-refractivity contribution in [3.8, 4) is 11.5 Å². The van der Waals surface area contributed by atoms with Crippen molar-refractivity contribution in [2.45, 2.75) is 52.1 Å². The average molecular weight is 431 g/mol. The summed E-state index contributed by atoms with van der Waals surface area (Å²) in [7, 11) is 0. The molecule has 2 aliphatic heterocycles. The number of hydrogen-bond acceptors (Lipinski definition) is 7. The topological polar surface area (TPSA) is 85.9 Å². The highest BCUT2D eigenvalue weighted by molar-refractivity contribution is 7.17. The van der Waals surface area contributed by atoms with Crippen LogP contribution in [0.2, 0.25) is 0 Å². The van der Waals surface area contributed by atoms with Gasteiger partial charge in [0.05, 0.1) is 12.2 Å². The number of amides is 1. The molecule has 30 heavy (non-hydrogen) atoms. The fraction of sp³-hybridized carbons (Fsp3) is 0.455. The van der Waals surface area contributed by atoms with E-state index < -0.39 is 5.97 Å². The number of ether oxygens (including phenoxy) is 3. The molecule has 0 radical (unpaired) electrons. The molecule has 7 nitrogen and oxygen atoms in total. The molecule has 0 bridgehead atoms. The molecule has 0 aliphatic carbocycles. The number of carbonyl (C=O) groups is 2. The maximum absolute atomic E-state index is 13.0. The summed E-state index contributed by atoms with van der Waals surface area (Å²) >= 11 is 1.42. The highest BCUT2D eigenvalue weighted by atomic mass is 32.1. The zero-order valence-corrected chi connectivity index (χ0v) is 18.6. The summed E-state index contributed by atoms with van der Waals surface area (Å²) in [6, 6.07) is 5.03. The summed E-state index contributed by atoms with van der Waals surface area (Å²) in [5, 5.41) is 7.07. The molecule has 3 heterocycles. The van der Waals surface area contributed by atoms with Crippen LogP contribution in [0.15, 0.2) is 18.2 Å². The van der Waals surface area contributed by atoms with Crippen LogP contribution in [0.3, 0.4) is 0 Å². The van der Waals surface area contributed by atoms with Crippen LogP contribution in [0, 0.1) is 0 Å². The van der Waals surface area contributed by atoms with Crippen molar-refractivity contribution in [3.63, 3.8) is 0 Å². The van der Waals surface area contributed by atoms with Gasteiger partial charge in [-0.25, -0.2) is 4.79 Å². The highest BCUT2D eigenvalue weighted by Crippen LogP contribution is 2.45. The SMILES string of the molecule is CCOC(=O)c1c(NC(=O)c2ccc3c(c2)OCO3)sc2c1CC(C)(C)NC2(C)C. The van der Waals surface area contributed by atoms with Crippen molar-refractivity contribution < 1.29 is 23.8 Å². The van der Waals surface area contributed by atoms with Gasteiger partial charge in [0, 0.05) is 21.5 Å². The number of carbonyl (C=O) groups excluding carboxylic acids is 2. The Hall–Kier alpha value is -2.58. The van der Waals surface area contributed by atoms with Crippen LogP contribution in [0.1, 0.15) is 65.8 Å². The predicted octanol–water partition coefficient (Wildman–Crippen LogP) is 4.07. The maximum Gasteiger partial charge on any atom is 0.341 e. The monoisotopic (exact) mass is 430 g/mol. The van der Waals surface area contributed by atoms with Crippen LogP contribution in [-0.2, 0) is 16.7 Å². The third-order valence-electron chi connectivity index (χ3n) is 5.19. The van der Waals surface area contributed by atoms with Gasteiger partial charge in [0.15, 0.2) is 11.5 Å². The van der Waals surface area contributed by atoms with Gasteiger partial charge in [-0.2, -0.15) is 0 Å². The van der Waals surface area contributed by atoms with E-state index >= 15 is 0 Å². The van der Waals surface area contributed by atoms with Gasteiger partial charge in [-0.3, -0.25) is 4.79 Å². The summed E-state index contributed by atoms with van der Waals surface area (Å²) < 4.78 is 16.0. The molecular weight excluding hydrogens is 404 g/mol. The summed E-state index contributed by atoms with van der Waals surface area (Å²) in [6.45, 7) is 10.6. The van der Waals surface area contributed by atoms with Crippen molar-refractivity contribution >= 4 is 28.2 Å². The second kappa shape index (κ2) is 7.28. The van der Waals surface area contributed by atoms with Crippen LogP contribution in [0.25, 0.3) is 0 Å². The largest absolute Gasteiger partial charge is 0.462 e. The standard InChI is InChI=1S/C22H26N2O5S/c1-6-27-20(26)16-13-10-21(2,3)24-22(4,5)17(13)30-19(16)23-18(25)12-7-8-14-15(9-12)29-11-28-14/h7-9,24H,6,10-11H2,1-5H3,(H,23,25). The number of hydrogen-bond donors (Lipinski definition) is 2. The van der Waals surface area contributed by atoms with E-state index in [1.54, 1.807) is 25.1 Å². The second-order valence-electron chi connectivity index (χ2n) is 8.67. The van der Waals surface area contributed by atoms with E-state index in [1.807, 2.05) is 0 Å². The first kappa shape index (κ1) is 20.7. The van der Waals surface area contributed by atoms with E-state index in [0.717, 1.165) is 10.4 Å². The first-order valence-electron chi connectivity index (χ1n) is 9.95. The minimum absolute atomic E-state index is 0.142. The lowest BCUT2D eigenvalue weighted by Gasteiger charge is -2.42. The van der Waals surface area contributed by atoms with Gasteiger partial charge >= 0.3 is 5.97 Å². The van der Waals surface area contributed by atoms with Gasteiger partial charge in [0.2, 0.25) is 6.79 Å². The summed E-state index contributed by atoms with van der Waals surface area (Å²) in [4.78, 5) is 26.9. The molecule has 8 heteroatoms. The molecule has 4 rings (SSSR count). The molecule has 1 aromatic heterocycles. The fourth-order valence-corrected chi connectivity index (χ4v) is 5.51. The van der Waals surface area contributed by atoms with Gasteiger partial charge in [0.1, 0.15) is 5.00 Å². The molecule has 2 aliphatic rings. The van der Waals surface area contributed by atoms with Crippen molar-refractivity contribution in [3.05, 3.63) is 39.8 Å². The number of esters is 1. The molecular formula is C22H26N2O5S.